The third-order valence-electron chi connectivity index (χ3n) is 5.02. The van der Waals surface area contributed by atoms with Crippen LogP contribution in [-0.2, 0) is 33.3 Å². The highest BCUT2D eigenvalue weighted by atomic mass is 16.7. The Morgan fingerprint density at radius 3 is 2.48 bits per heavy atom. The normalized spacial score (nSPS) is 31.9. The summed E-state index contributed by atoms with van der Waals surface area (Å²) in [6.07, 6.45) is -0.472. The molecule has 0 spiro atoms. The number of carbonyl (C=O) groups is 3. The fourth-order valence-electron chi connectivity index (χ4n) is 3.53. The first kappa shape index (κ1) is 25.3. The number of methoxy groups -OCH3 is 2. The van der Waals surface area contributed by atoms with E-state index in [9.17, 15) is 19.5 Å². The van der Waals surface area contributed by atoms with Crippen molar-refractivity contribution in [2.24, 2.45) is 5.41 Å². The number of ether oxygens (including phenoxy) is 4. The first-order valence-corrected chi connectivity index (χ1v) is 10.2. The van der Waals surface area contributed by atoms with E-state index in [1.54, 1.807) is 19.9 Å². The van der Waals surface area contributed by atoms with Crippen molar-refractivity contribution in [2.45, 2.75) is 83.3 Å². The molecule has 6 atom stereocenters. The maximum atomic E-state index is 12.9. The third-order valence-corrected chi connectivity index (χ3v) is 5.02. The molecule has 2 heterocycles. The fraction of sp³-hybridized carbons (Fsp3) is 0.762. The van der Waals surface area contributed by atoms with Gasteiger partial charge >= 0.3 is 5.97 Å². The third kappa shape index (κ3) is 6.49. The van der Waals surface area contributed by atoms with Gasteiger partial charge in [-0.15, -0.1) is 0 Å². The maximum Gasteiger partial charge on any atom is 0.328 e. The lowest BCUT2D eigenvalue weighted by molar-refractivity contribution is -0.334. The molecule has 0 aliphatic carbocycles. The Labute approximate surface area is 182 Å². The van der Waals surface area contributed by atoms with E-state index < -0.39 is 60.1 Å². The zero-order valence-corrected chi connectivity index (χ0v) is 19.1. The van der Waals surface area contributed by atoms with Gasteiger partial charge < -0.3 is 34.7 Å². The van der Waals surface area contributed by atoms with E-state index in [0.29, 0.717) is 0 Å². The Morgan fingerprint density at radius 1 is 1.29 bits per heavy atom. The molecule has 2 rings (SSSR count). The highest BCUT2D eigenvalue weighted by molar-refractivity contribution is 5.95. The summed E-state index contributed by atoms with van der Waals surface area (Å²) < 4.78 is 21.6. The van der Waals surface area contributed by atoms with Gasteiger partial charge in [-0.2, -0.15) is 0 Å². The Kier molecular flexibility index (Phi) is 7.85. The Morgan fingerprint density at radius 2 is 1.94 bits per heavy atom. The lowest BCUT2D eigenvalue weighted by Crippen LogP contribution is -2.61. The molecular formula is C21H34N2O8. The van der Waals surface area contributed by atoms with Crippen LogP contribution in [-0.4, -0.2) is 79.4 Å². The molecule has 10 nitrogen and oxygen atoms in total. The predicted molar refractivity (Wildman–Crippen MR) is 110 cm³/mol. The summed E-state index contributed by atoms with van der Waals surface area (Å²) in [6.45, 7) is 9.39. The van der Waals surface area contributed by atoms with Crippen molar-refractivity contribution < 1.29 is 38.4 Å². The molecule has 2 fully saturated rings. The topological polar surface area (TPSA) is 132 Å². The number of esters is 1. The van der Waals surface area contributed by atoms with E-state index in [4.69, 9.17) is 14.2 Å². The zero-order chi connectivity index (χ0) is 23.6. The van der Waals surface area contributed by atoms with Gasteiger partial charge in [-0.1, -0.05) is 32.9 Å². The van der Waals surface area contributed by atoms with Crippen molar-refractivity contribution in [1.29, 1.82) is 0 Å². The lowest BCUT2D eigenvalue weighted by Gasteiger charge is -2.45. The number of nitrogens with one attached hydrogen (secondary N) is 2. The number of rotatable bonds is 6. The number of aliphatic hydroxyl groups is 1. The maximum absolute atomic E-state index is 12.9. The van der Waals surface area contributed by atoms with Crippen LogP contribution in [0.3, 0.4) is 0 Å². The average Bonchev–Trinajstić information content (AvgIpc) is 3.02. The SMILES string of the molecule is COC(=O)C1CC(NC(=O)[C@H](OC)[C@@H]2OC(C)(C)O[C@H](C=CC(C)(C)C)[C@@H]2O)C(=O)N1. The number of carbonyl (C=O) groups excluding carboxylic acids is 3. The van der Waals surface area contributed by atoms with Crippen molar-refractivity contribution in [3.05, 3.63) is 12.2 Å². The quantitative estimate of drug-likeness (QED) is 0.388. The molecule has 0 aromatic carbocycles. The van der Waals surface area contributed by atoms with Crippen LogP contribution >= 0.6 is 0 Å². The van der Waals surface area contributed by atoms with Crippen LogP contribution in [0.4, 0.5) is 0 Å². The molecule has 0 radical (unpaired) electrons. The van der Waals surface area contributed by atoms with Gasteiger partial charge in [0.1, 0.15) is 30.4 Å². The lowest BCUT2D eigenvalue weighted by atomic mass is 9.93. The van der Waals surface area contributed by atoms with Gasteiger partial charge in [0, 0.05) is 13.5 Å². The fourth-order valence-corrected chi connectivity index (χ4v) is 3.53. The highest BCUT2D eigenvalue weighted by Crippen LogP contribution is 2.31. The minimum atomic E-state index is -1.21. The van der Waals surface area contributed by atoms with E-state index in [-0.39, 0.29) is 11.8 Å². The smallest absolute Gasteiger partial charge is 0.328 e. The highest BCUT2D eigenvalue weighted by Gasteiger charge is 2.48. The van der Waals surface area contributed by atoms with Crippen LogP contribution in [0.5, 0.6) is 0 Å². The average molecular weight is 443 g/mol. The van der Waals surface area contributed by atoms with Crippen LogP contribution in [0.1, 0.15) is 41.0 Å². The Bertz CT molecular complexity index is 715. The van der Waals surface area contributed by atoms with E-state index in [2.05, 4.69) is 15.4 Å². The Hall–Kier alpha value is -2.01. The monoisotopic (exact) mass is 442 g/mol. The molecule has 0 aromatic heterocycles. The Balaban J connectivity index is 2.15. The number of hydrogen-bond acceptors (Lipinski definition) is 8. The summed E-state index contributed by atoms with van der Waals surface area (Å²) >= 11 is 0. The summed E-state index contributed by atoms with van der Waals surface area (Å²) in [7, 11) is 2.53. The molecule has 0 aromatic rings. The number of allylic oxidation sites excluding steroid dienone is 1. The molecular weight excluding hydrogens is 408 g/mol. The predicted octanol–water partition coefficient (Wildman–Crippen LogP) is 0.0310. The molecule has 3 N–H and O–H groups in total. The first-order valence-electron chi connectivity index (χ1n) is 10.2. The molecule has 2 aliphatic rings. The summed E-state index contributed by atoms with van der Waals surface area (Å²) in [5.74, 6) is -2.83. The molecule has 176 valence electrons. The summed E-state index contributed by atoms with van der Waals surface area (Å²) in [4.78, 5) is 36.7. The largest absolute Gasteiger partial charge is 0.467 e. The van der Waals surface area contributed by atoms with Crippen molar-refractivity contribution in [2.75, 3.05) is 14.2 Å². The molecule has 10 heteroatoms. The second-order valence-electron chi connectivity index (χ2n) is 9.32. The van der Waals surface area contributed by atoms with Crippen LogP contribution in [0.25, 0.3) is 0 Å². The van der Waals surface area contributed by atoms with Crippen LogP contribution in [0, 0.1) is 5.41 Å². The second-order valence-corrected chi connectivity index (χ2v) is 9.32. The minimum Gasteiger partial charge on any atom is -0.467 e. The van der Waals surface area contributed by atoms with Gasteiger partial charge in [0.05, 0.1) is 7.11 Å². The molecule has 0 saturated carbocycles. The second kappa shape index (κ2) is 9.64. The minimum absolute atomic E-state index is 0.0489. The van der Waals surface area contributed by atoms with E-state index in [0.717, 1.165) is 0 Å². The van der Waals surface area contributed by atoms with Gasteiger partial charge in [0.15, 0.2) is 11.9 Å². The van der Waals surface area contributed by atoms with E-state index >= 15 is 0 Å². The van der Waals surface area contributed by atoms with E-state index in [1.807, 2.05) is 26.8 Å². The number of hydrogen-bond donors (Lipinski definition) is 3. The molecule has 2 aliphatic heterocycles. The van der Waals surface area contributed by atoms with Crippen molar-refractivity contribution in [3.63, 3.8) is 0 Å². The molecule has 0 bridgehead atoms. The molecule has 31 heavy (non-hydrogen) atoms. The van der Waals surface area contributed by atoms with Crippen molar-refractivity contribution in [3.8, 4) is 0 Å². The standard InChI is InChI=1S/C21H34N2O8/c1-20(2,3)9-8-13-14(24)15(31-21(4,5)30-13)16(28-6)18(26)22-11-10-12(19(27)29-7)23-17(11)25/h8-9,11-16,24H,10H2,1-7H3,(H,22,26)(H,23,25)/t11?,12?,13-,14+,15-,16-/m1/s1. The van der Waals surface area contributed by atoms with Crippen molar-refractivity contribution in [1.82, 2.24) is 10.6 Å². The summed E-state index contributed by atoms with van der Waals surface area (Å²) in [6, 6.07) is -1.77. The number of amides is 2. The summed E-state index contributed by atoms with van der Waals surface area (Å²) in [5, 5.41) is 15.9. The number of aliphatic hydroxyl groups excluding tert-OH is 1. The summed E-state index contributed by atoms with van der Waals surface area (Å²) in [5.41, 5.74) is -0.134. The van der Waals surface area contributed by atoms with Gasteiger partial charge in [0.25, 0.3) is 5.91 Å². The van der Waals surface area contributed by atoms with Crippen LogP contribution in [0.15, 0.2) is 12.2 Å². The van der Waals surface area contributed by atoms with E-state index in [1.165, 1.54) is 14.2 Å². The van der Waals surface area contributed by atoms with Crippen molar-refractivity contribution >= 4 is 17.8 Å². The van der Waals surface area contributed by atoms with Gasteiger partial charge in [-0.3, -0.25) is 9.59 Å². The molecule has 2 saturated heterocycles. The zero-order valence-electron chi connectivity index (χ0n) is 19.1. The van der Waals surface area contributed by atoms with Gasteiger partial charge in [0.2, 0.25) is 5.91 Å². The molecule has 2 unspecified atom stereocenters. The van der Waals surface area contributed by atoms with Crippen LogP contribution < -0.4 is 10.6 Å². The van der Waals surface area contributed by atoms with Gasteiger partial charge in [-0.05, 0) is 19.3 Å². The van der Waals surface area contributed by atoms with Crippen LogP contribution in [0.2, 0.25) is 0 Å². The first-order chi connectivity index (χ1) is 14.3. The molecule has 2 amide bonds. The van der Waals surface area contributed by atoms with Gasteiger partial charge in [-0.25, -0.2) is 4.79 Å².